The lowest BCUT2D eigenvalue weighted by Crippen LogP contribution is -2.09. The molecule has 0 radical (unpaired) electrons. The van der Waals surface area contributed by atoms with Crippen molar-refractivity contribution in [1.82, 2.24) is 9.13 Å². The van der Waals surface area contributed by atoms with E-state index in [-0.39, 0.29) is 0 Å². The van der Waals surface area contributed by atoms with Gasteiger partial charge in [-0.05, 0) is 166 Å². The number of hydrogen-bond donors (Lipinski definition) is 0. The summed E-state index contributed by atoms with van der Waals surface area (Å²) < 4.78 is 17.7. The Bertz CT molecular complexity index is 5700. The van der Waals surface area contributed by atoms with Gasteiger partial charge in [-0.25, -0.2) is 0 Å². The molecular formula is C86H54N4O2. The number of fused-ring (bicyclic) bond motifs is 15. The summed E-state index contributed by atoms with van der Waals surface area (Å²) in [4.78, 5) is 4.75. The summed E-state index contributed by atoms with van der Waals surface area (Å²) in [5, 5.41) is 16.2. The molecule has 0 unspecified atom stereocenters. The third kappa shape index (κ3) is 8.28. The van der Waals surface area contributed by atoms with Crippen molar-refractivity contribution in [2.24, 2.45) is 0 Å². The lowest BCUT2D eigenvalue weighted by atomic mass is 10.0. The molecule has 0 N–H and O–H groups in total. The summed E-state index contributed by atoms with van der Waals surface area (Å²) >= 11 is 0. The summed E-state index contributed by atoms with van der Waals surface area (Å²) in [5.74, 6) is 1.73. The summed E-state index contributed by atoms with van der Waals surface area (Å²) in [6.45, 7) is 0. The monoisotopic (exact) mass is 1170 g/mol. The Hall–Kier alpha value is -12.4. The Balaban J connectivity index is 0.769. The van der Waals surface area contributed by atoms with Gasteiger partial charge in [-0.2, -0.15) is 0 Å². The largest absolute Gasteiger partial charge is 0.456 e. The Morgan fingerprint density at radius 3 is 0.946 bits per heavy atom. The lowest BCUT2D eigenvalue weighted by molar-refractivity contribution is 0.631. The van der Waals surface area contributed by atoms with Gasteiger partial charge in [0.15, 0.2) is 0 Å². The van der Waals surface area contributed by atoms with E-state index in [1.807, 2.05) is 24.3 Å². The zero-order valence-electron chi connectivity index (χ0n) is 49.8. The third-order valence-corrected chi connectivity index (χ3v) is 18.7. The van der Waals surface area contributed by atoms with Crippen LogP contribution in [0, 0.1) is 0 Å². The van der Waals surface area contributed by atoms with E-state index in [0.29, 0.717) is 0 Å². The molecule has 0 bridgehead atoms. The number of hydrogen-bond acceptors (Lipinski definition) is 4. The van der Waals surface area contributed by atoms with Crippen molar-refractivity contribution in [3.63, 3.8) is 0 Å². The summed E-state index contributed by atoms with van der Waals surface area (Å²) in [5.41, 5.74) is 17.2. The van der Waals surface area contributed by atoms with Crippen molar-refractivity contribution >= 4 is 143 Å². The molecule has 19 rings (SSSR count). The van der Waals surface area contributed by atoms with Crippen LogP contribution in [0.5, 0.6) is 0 Å². The predicted molar refractivity (Wildman–Crippen MR) is 385 cm³/mol. The SMILES string of the molecule is c1ccc(N(c2ccc3cc(-c4cc5ccccc5o4)ccc3c2)c2ccc3c(ccc4c5ccc6c7ccc8cc(N(c9ccccc9)c9ccc%10cc(-c%11cc%12ccccc%12o%11)ccc%10c9)ccc8c7n(-c7ccccc7)c6c5n(-c5ccccc5)c34)c2)cc1. The first-order chi connectivity index (χ1) is 45.6. The molecule has 6 nitrogen and oxygen atoms in total. The van der Waals surface area contributed by atoms with Crippen molar-refractivity contribution in [3.8, 4) is 34.0 Å². The first-order valence-corrected chi connectivity index (χ1v) is 31.4. The van der Waals surface area contributed by atoms with E-state index >= 15 is 0 Å². The molecule has 15 aromatic carbocycles. The molecule has 0 saturated heterocycles. The van der Waals surface area contributed by atoms with E-state index in [4.69, 9.17) is 8.83 Å². The molecule has 0 amide bonds. The van der Waals surface area contributed by atoms with Crippen LogP contribution in [0.1, 0.15) is 0 Å². The Morgan fingerprint density at radius 2 is 0.522 bits per heavy atom. The fourth-order valence-electron chi connectivity index (χ4n) is 14.5. The van der Waals surface area contributed by atoms with Crippen LogP contribution in [-0.4, -0.2) is 9.13 Å². The number of para-hydroxylation sites is 6. The number of aromatic nitrogens is 2. The topological polar surface area (TPSA) is 42.6 Å². The van der Waals surface area contributed by atoms with Gasteiger partial charge in [-0.15, -0.1) is 0 Å². The van der Waals surface area contributed by atoms with Crippen LogP contribution in [-0.2, 0) is 0 Å². The molecule has 0 atom stereocenters. The van der Waals surface area contributed by atoms with Gasteiger partial charge < -0.3 is 27.8 Å². The average molecular weight is 1180 g/mol. The standard InChI is InChI=1S/C86H54N4O2/c1-5-19-65(20-6-1)87(69-37-33-55-47-63(31-29-57(55)49-69)81-53-61-17-13-15-27-79(61)91-81)71-39-43-73-59(51-71)35-41-75-77-45-46-78-76-42-36-60-52-72(40-44-74(60)84(76)90(68-25-11-4-12-26-68)86(78)85(77)89(83(73)75)67-23-9-3-10-24-67)88(66-21-7-2-8-22-66)70-38-34-56-48-64(32-30-58(56)50-70)82-54-62-18-14-16-28-80(62)92-82/h1-54H. The number of anilines is 6. The predicted octanol–water partition coefficient (Wildman–Crippen LogP) is 24.3. The van der Waals surface area contributed by atoms with Gasteiger partial charge >= 0.3 is 0 Å². The highest BCUT2D eigenvalue weighted by Crippen LogP contribution is 2.48. The normalized spacial score (nSPS) is 11.9. The van der Waals surface area contributed by atoms with Gasteiger partial charge in [0, 0.05) is 99.7 Å². The van der Waals surface area contributed by atoms with Crippen LogP contribution < -0.4 is 9.80 Å². The van der Waals surface area contributed by atoms with Crippen molar-refractivity contribution in [2.45, 2.75) is 0 Å². The van der Waals surface area contributed by atoms with Crippen molar-refractivity contribution in [1.29, 1.82) is 0 Å². The Kier molecular flexibility index (Phi) is 11.6. The van der Waals surface area contributed by atoms with Crippen molar-refractivity contribution < 1.29 is 8.83 Å². The summed E-state index contributed by atoms with van der Waals surface area (Å²) in [6, 6.07) is 119. The van der Waals surface area contributed by atoms with Gasteiger partial charge in [-0.3, -0.25) is 0 Å². The second-order valence-electron chi connectivity index (χ2n) is 24.1. The summed E-state index contributed by atoms with van der Waals surface area (Å²) in [7, 11) is 0. The highest BCUT2D eigenvalue weighted by Gasteiger charge is 2.25. The van der Waals surface area contributed by atoms with Crippen molar-refractivity contribution in [2.75, 3.05) is 9.80 Å². The molecule has 6 heteroatoms. The van der Waals surface area contributed by atoms with Crippen molar-refractivity contribution in [3.05, 3.63) is 328 Å². The van der Waals surface area contributed by atoms with Gasteiger partial charge in [0.2, 0.25) is 0 Å². The fraction of sp³-hybridized carbons (Fsp3) is 0. The molecule has 19 aromatic rings. The van der Waals surface area contributed by atoms with E-state index in [0.717, 1.165) is 133 Å². The van der Waals surface area contributed by atoms with Crippen LogP contribution in [0.4, 0.5) is 34.1 Å². The molecule has 0 saturated carbocycles. The summed E-state index contributed by atoms with van der Waals surface area (Å²) in [6.07, 6.45) is 0. The van der Waals surface area contributed by atoms with Gasteiger partial charge in [0.1, 0.15) is 22.7 Å². The maximum Gasteiger partial charge on any atom is 0.135 e. The van der Waals surface area contributed by atoms with E-state index in [2.05, 4.69) is 322 Å². The molecule has 0 aliphatic heterocycles. The van der Waals surface area contributed by atoms with E-state index in [1.165, 1.54) is 43.4 Å². The fourth-order valence-corrected chi connectivity index (χ4v) is 14.5. The van der Waals surface area contributed by atoms with Crippen LogP contribution >= 0.6 is 0 Å². The third-order valence-electron chi connectivity index (χ3n) is 18.7. The van der Waals surface area contributed by atoms with E-state index in [9.17, 15) is 0 Å². The quantitative estimate of drug-likeness (QED) is 0.137. The second-order valence-corrected chi connectivity index (χ2v) is 24.1. The number of rotatable bonds is 10. The zero-order chi connectivity index (χ0) is 60.4. The van der Waals surface area contributed by atoms with Crippen LogP contribution in [0.15, 0.2) is 336 Å². The van der Waals surface area contributed by atoms with Crippen LogP contribution in [0.3, 0.4) is 0 Å². The van der Waals surface area contributed by atoms with Crippen LogP contribution in [0.25, 0.3) is 143 Å². The first kappa shape index (κ1) is 51.6. The van der Waals surface area contributed by atoms with Gasteiger partial charge in [0.05, 0.1) is 22.1 Å². The molecular weight excluding hydrogens is 1120 g/mol. The first-order valence-electron chi connectivity index (χ1n) is 31.4. The number of nitrogens with zero attached hydrogens (tertiary/aromatic N) is 4. The Morgan fingerprint density at radius 1 is 0.207 bits per heavy atom. The second kappa shape index (κ2) is 20.6. The lowest BCUT2D eigenvalue weighted by Gasteiger charge is -2.26. The maximum absolute atomic E-state index is 6.30. The zero-order valence-corrected chi connectivity index (χ0v) is 49.8. The molecule has 0 aliphatic rings. The maximum atomic E-state index is 6.30. The molecule has 430 valence electrons. The molecule has 0 spiro atoms. The molecule has 0 fully saturated rings. The van der Waals surface area contributed by atoms with E-state index < -0.39 is 0 Å². The average Bonchev–Trinajstić information content (AvgIpc) is 1.53. The minimum absolute atomic E-state index is 0.867. The molecule has 4 heterocycles. The van der Waals surface area contributed by atoms with E-state index in [1.54, 1.807) is 0 Å². The Labute approximate surface area is 529 Å². The molecule has 4 aromatic heterocycles. The number of furan rings is 2. The van der Waals surface area contributed by atoms with Gasteiger partial charge in [-0.1, -0.05) is 194 Å². The smallest absolute Gasteiger partial charge is 0.135 e. The van der Waals surface area contributed by atoms with Crippen LogP contribution in [0.2, 0.25) is 0 Å². The molecule has 0 aliphatic carbocycles. The minimum Gasteiger partial charge on any atom is -0.456 e. The molecule has 92 heavy (non-hydrogen) atoms. The van der Waals surface area contributed by atoms with Gasteiger partial charge in [0.25, 0.3) is 0 Å². The minimum atomic E-state index is 0.867. The highest BCUT2D eigenvalue weighted by atomic mass is 16.3. The highest BCUT2D eigenvalue weighted by molar-refractivity contribution is 6.29. The number of benzene rings is 15.